The average molecular weight is 205 g/mol. The van der Waals surface area contributed by atoms with Gasteiger partial charge in [-0.3, -0.25) is 0 Å². The zero-order valence-corrected chi connectivity index (χ0v) is 8.07. The number of allylic oxidation sites excluding steroid dienone is 1. The summed E-state index contributed by atoms with van der Waals surface area (Å²) in [5.41, 5.74) is 0.0579. The van der Waals surface area contributed by atoms with E-state index in [0.29, 0.717) is 6.42 Å². The van der Waals surface area contributed by atoms with E-state index in [1.807, 2.05) is 13.8 Å². The average Bonchev–Trinajstić information content (AvgIpc) is 1.59. The number of hydrogen-bond acceptors (Lipinski definition) is 1. The molecule has 0 saturated heterocycles. The predicted octanol–water partition coefficient (Wildman–Crippen LogP) is 2.90. The maximum atomic E-state index is 10.2. The zero-order valence-electron chi connectivity index (χ0n) is 6.48. The molecule has 0 aromatic carbocycles. The summed E-state index contributed by atoms with van der Waals surface area (Å²) in [4.78, 5) is 10.2. The monoisotopic (exact) mass is 204 g/mol. The van der Waals surface area contributed by atoms with E-state index in [-0.39, 0.29) is 5.41 Å². The highest BCUT2D eigenvalue weighted by atomic mass is 79.9. The molecular formula is C8H13BrO. The molecule has 0 aliphatic rings. The van der Waals surface area contributed by atoms with Crippen LogP contribution in [0.3, 0.4) is 0 Å². The largest absolute Gasteiger partial charge is 0.303 e. The minimum atomic E-state index is 0.0579. The van der Waals surface area contributed by atoms with Gasteiger partial charge in [0.2, 0.25) is 0 Å². The van der Waals surface area contributed by atoms with Gasteiger partial charge in [-0.1, -0.05) is 36.4 Å². The molecule has 0 aromatic heterocycles. The molecule has 0 aliphatic carbocycles. The van der Waals surface area contributed by atoms with Gasteiger partial charge in [-0.15, -0.1) is 0 Å². The SMILES string of the molecule is C=C(Br)CC(C)(C)CC=O. The minimum Gasteiger partial charge on any atom is -0.303 e. The van der Waals surface area contributed by atoms with Crippen LogP contribution in [0.2, 0.25) is 0 Å². The smallest absolute Gasteiger partial charge is 0.120 e. The van der Waals surface area contributed by atoms with Gasteiger partial charge in [0.1, 0.15) is 6.29 Å². The van der Waals surface area contributed by atoms with Gasteiger partial charge in [0, 0.05) is 6.42 Å². The summed E-state index contributed by atoms with van der Waals surface area (Å²) in [6, 6.07) is 0. The third-order valence-corrected chi connectivity index (χ3v) is 1.59. The molecule has 0 unspecified atom stereocenters. The van der Waals surface area contributed by atoms with Crippen LogP contribution in [-0.2, 0) is 4.79 Å². The van der Waals surface area contributed by atoms with Crippen LogP contribution in [0.5, 0.6) is 0 Å². The first kappa shape index (κ1) is 9.89. The molecule has 0 bridgehead atoms. The van der Waals surface area contributed by atoms with Crippen molar-refractivity contribution in [3.8, 4) is 0 Å². The number of rotatable bonds is 4. The second-order valence-corrected chi connectivity index (χ2v) is 4.35. The summed E-state index contributed by atoms with van der Waals surface area (Å²) >= 11 is 3.27. The first-order chi connectivity index (χ1) is 4.48. The standard InChI is InChI=1S/C8H13BrO/c1-7(9)6-8(2,3)4-5-10/h5H,1,4,6H2,2-3H3. The predicted molar refractivity (Wildman–Crippen MR) is 47.1 cm³/mol. The Morgan fingerprint density at radius 2 is 2.20 bits per heavy atom. The second kappa shape index (κ2) is 3.91. The van der Waals surface area contributed by atoms with Crippen molar-refractivity contribution in [1.29, 1.82) is 0 Å². The second-order valence-electron chi connectivity index (χ2n) is 3.23. The third kappa shape index (κ3) is 4.74. The van der Waals surface area contributed by atoms with E-state index in [9.17, 15) is 4.79 Å². The van der Waals surface area contributed by atoms with Crippen molar-refractivity contribution < 1.29 is 4.79 Å². The fraction of sp³-hybridized carbons (Fsp3) is 0.625. The van der Waals surface area contributed by atoms with Crippen LogP contribution < -0.4 is 0 Å². The van der Waals surface area contributed by atoms with Crippen molar-refractivity contribution in [2.24, 2.45) is 5.41 Å². The van der Waals surface area contributed by atoms with E-state index in [0.717, 1.165) is 17.2 Å². The van der Waals surface area contributed by atoms with Crippen molar-refractivity contribution in [1.82, 2.24) is 0 Å². The molecule has 0 fully saturated rings. The van der Waals surface area contributed by atoms with Gasteiger partial charge >= 0.3 is 0 Å². The maximum absolute atomic E-state index is 10.2. The van der Waals surface area contributed by atoms with Gasteiger partial charge in [-0.25, -0.2) is 0 Å². The van der Waals surface area contributed by atoms with Crippen LogP contribution in [0, 0.1) is 5.41 Å². The molecule has 58 valence electrons. The van der Waals surface area contributed by atoms with Crippen LogP contribution in [0.25, 0.3) is 0 Å². The van der Waals surface area contributed by atoms with Gasteiger partial charge in [0.25, 0.3) is 0 Å². The Labute approximate surface area is 70.6 Å². The highest BCUT2D eigenvalue weighted by Crippen LogP contribution is 2.29. The first-order valence-corrected chi connectivity index (χ1v) is 4.04. The lowest BCUT2D eigenvalue weighted by Gasteiger charge is -2.20. The Hall–Kier alpha value is -0.110. The van der Waals surface area contributed by atoms with E-state index >= 15 is 0 Å². The Morgan fingerprint density at radius 1 is 1.70 bits per heavy atom. The molecule has 1 nitrogen and oxygen atoms in total. The lowest BCUT2D eigenvalue weighted by Crippen LogP contribution is -2.11. The van der Waals surface area contributed by atoms with Gasteiger partial charge in [-0.2, -0.15) is 0 Å². The maximum Gasteiger partial charge on any atom is 0.120 e. The number of halogens is 1. The van der Waals surface area contributed by atoms with Crippen LogP contribution in [0.4, 0.5) is 0 Å². The van der Waals surface area contributed by atoms with Crippen LogP contribution in [-0.4, -0.2) is 6.29 Å². The summed E-state index contributed by atoms with van der Waals surface area (Å²) < 4.78 is 0.958. The fourth-order valence-electron chi connectivity index (χ4n) is 0.817. The highest BCUT2D eigenvalue weighted by Gasteiger charge is 2.17. The molecule has 10 heavy (non-hydrogen) atoms. The zero-order chi connectivity index (χ0) is 8.20. The summed E-state index contributed by atoms with van der Waals surface area (Å²) in [6.07, 6.45) is 2.40. The topological polar surface area (TPSA) is 17.1 Å². The number of aldehydes is 1. The molecule has 0 rings (SSSR count). The number of hydrogen-bond donors (Lipinski definition) is 0. The van der Waals surface area contributed by atoms with E-state index in [4.69, 9.17) is 0 Å². The molecule has 0 radical (unpaired) electrons. The van der Waals surface area contributed by atoms with Crippen molar-refractivity contribution in [2.45, 2.75) is 26.7 Å². The minimum absolute atomic E-state index is 0.0579. The summed E-state index contributed by atoms with van der Waals surface area (Å²) in [5.74, 6) is 0. The Bertz CT molecular complexity index is 138. The van der Waals surface area contributed by atoms with Crippen LogP contribution in [0.15, 0.2) is 11.1 Å². The lowest BCUT2D eigenvalue weighted by molar-refractivity contribution is -0.109. The van der Waals surface area contributed by atoms with Crippen molar-refractivity contribution >= 4 is 22.2 Å². The van der Waals surface area contributed by atoms with Gasteiger partial charge in [0.05, 0.1) is 0 Å². The Morgan fingerprint density at radius 3 is 2.50 bits per heavy atom. The molecule has 0 aliphatic heterocycles. The van der Waals surface area contributed by atoms with E-state index in [2.05, 4.69) is 22.5 Å². The van der Waals surface area contributed by atoms with Crippen LogP contribution in [0.1, 0.15) is 26.7 Å². The summed E-state index contributed by atoms with van der Waals surface area (Å²) in [7, 11) is 0. The first-order valence-electron chi connectivity index (χ1n) is 3.25. The van der Waals surface area contributed by atoms with Crippen molar-refractivity contribution in [2.75, 3.05) is 0 Å². The quantitative estimate of drug-likeness (QED) is 0.645. The Balaban J connectivity index is 3.85. The molecular weight excluding hydrogens is 192 g/mol. The van der Waals surface area contributed by atoms with Crippen molar-refractivity contribution in [3.05, 3.63) is 11.1 Å². The molecule has 2 heteroatoms. The molecule has 0 atom stereocenters. The Kier molecular flexibility index (Phi) is 3.87. The molecule has 0 N–H and O–H groups in total. The lowest BCUT2D eigenvalue weighted by atomic mass is 9.86. The number of carbonyl (C=O) groups excluding carboxylic acids is 1. The van der Waals surface area contributed by atoms with Crippen LogP contribution >= 0.6 is 15.9 Å². The summed E-state index contributed by atoms with van der Waals surface area (Å²) in [5, 5.41) is 0. The van der Waals surface area contributed by atoms with E-state index < -0.39 is 0 Å². The molecule has 0 heterocycles. The van der Waals surface area contributed by atoms with Crippen molar-refractivity contribution in [3.63, 3.8) is 0 Å². The summed E-state index contributed by atoms with van der Waals surface area (Å²) in [6.45, 7) is 7.82. The van der Waals surface area contributed by atoms with Gasteiger partial charge in [-0.05, 0) is 16.3 Å². The van der Waals surface area contributed by atoms with E-state index in [1.165, 1.54) is 0 Å². The normalized spacial score (nSPS) is 11.1. The molecule has 0 spiro atoms. The number of carbonyl (C=O) groups is 1. The van der Waals surface area contributed by atoms with Gasteiger partial charge in [0.15, 0.2) is 0 Å². The molecule has 0 aromatic rings. The highest BCUT2D eigenvalue weighted by molar-refractivity contribution is 9.11. The molecule has 0 saturated carbocycles. The molecule has 0 amide bonds. The fourth-order valence-corrected chi connectivity index (χ4v) is 1.58. The van der Waals surface area contributed by atoms with E-state index in [1.54, 1.807) is 0 Å². The van der Waals surface area contributed by atoms with Gasteiger partial charge < -0.3 is 4.79 Å². The third-order valence-electron chi connectivity index (χ3n) is 1.31.